The van der Waals surface area contributed by atoms with Gasteiger partial charge < -0.3 is 25.4 Å². The van der Waals surface area contributed by atoms with Crippen LogP contribution >= 0.6 is 0 Å². The molecule has 0 radical (unpaired) electrons. The number of imide groups is 2. The van der Waals surface area contributed by atoms with Gasteiger partial charge in [-0.15, -0.1) is 0 Å². The predicted octanol–water partition coefficient (Wildman–Crippen LogP) is 11.0. The minimum Gasteiger partial charge on any atom is -0.508 e. The minimum absolute atomic E-state index is 0.184. The quantitative estimate of drug-likeness (QED) is 0.0609. The van der Waals surface area contributed by atoms with Crippen LogP contribution in [0.3, 0.4) is 0 Å². The smallest absolute Gasteiger partial charge is 0.261 e. The number of rotatable bonds is 21. The second-order valence-corrected chi connectivity index (χ2v) is 18.6. The van der Waals surface area contributed by atoms with Gasteiger partial charge in [0.15, 0.2) is 0 Å². The van der Waals surface area contributed by atoms with Gasteiger partial charge in [-0.05, 0) is 159 Å². The van der Waals surface area contributed by atoms with E-state index in [0.29, 0.717) is 72.5 Å². The molecule has 11 nitrogen and oxygen atoms in total. The van der Waals surface area contributed by atoms with Crippen molar-refractivity contribution in [2.75, 3.05) is 39.5 Å². The number of carbonyl (C=O) groups excluding carboxylic acids is 4. The number of carbonyl (C=O) groups is 4. The normalized spacial score (nSPS) is 12.6. The van der Waals surface area contributed by atoms with E-state index in [-0.39, 0.29) is 29.4 Å². The Morgan fingerprint density at radius 1 is 0.478 bits per heavy atom. The standard InChI is InChI=1S/C22H25NO3.C17H15NO3.C14H23NO.C5H12O/c1-16(2)12-14-26-18-9-5-7-17(15-18)8-6-13-23-21(24)19-10-3-4-11-20(19)22(23)25;19-13-7-3-5-12(11-13)6-4-10-18-16(20)14-8-1-2-9-15(14)17(18)21;1-12(2)8-10-16-14-7-3-5-13(11-14)6-4-9-15;1-5(2)3-4-6/h3-5,7,9-11,15-16H,6,8,12-14H2,1-2H3;1-3,5,7-9,11,19H,4,6,10H2;3,5,7,11-12H,4,6,8-10,15H2,1-2H3;5-6H,3-4H2,1-2H3. The highest BCUT2D eigenvalue weighted by molar-refractivity contribution is 6.22. The number of ether oxygens (including phenoxy) is 2. The molecule has 7 rings (SSSR count). The summed E-state index contributed by atoms with van der Waals surface area (Å²) in [6.07, 6.45) is 8.07. The van der Waals surface area contributed by atoms with E-state index in [2.05, 4.69) is 65.8 Å². The first-order chi connectivity index (χ1) is 33.2. The van der Waals surface area contributed by atoms with Gasteiger partial charge in [-0.1, -0.05) is 102 Å². The van der Waals surface area contributed by atoms with Crippen LogP contribution in [0.4, 0.5) is 0 Å². The Hall–Kier alpha value is -6.30. The Bertz CT molecular complexity index is 2310. The summed E-state index contributed by atoms with van der Waals surface area (Å²) in [5, 5.41) is 17.6. The molecule has 0 aliphatic carbocycles. The highest BCUT2D eigenvalue weighted by Gasteiger charge is 2.35. The minimum atomic E-state index is -0.216. The molecule has 0 atom stereocenters. The Morgan fingerprint density at radius 2 is 0.841 bits per heavy atom. The summed E-state index contributed by atoms with van der Waals surface area (Å²) < 4.78 is 11.5. The number of aryl methyl sites for hydroxylation is 3. The molecule has 0 spiro atoms. The second kappa shape index (κ2) is 29.6. The molecular weight excluding hydrogens is 867 g/mol. The molecular formula is C58H75N3O8. The van der Waals surface area contributed by atoms with Gasteiger partial charge in [0.1, 0.15) is 17.2 Å². The second-order valence-electron chi connectivity index (χ2n) is 18.6. The molecule has 0 saturated carbocycles. The maximum Gasteiger partial charge on any atom is 0.261 e. The van der Waals surface area contributed by atoms with Crippen molar-refractivity contribution in [3.8, 4) is 17.2 Å². The summed E-state index contributed by atoms with van der Waals surface area (Å²) in [5.41, 5.74) is 11.0. The van der Waals surface area contributed by atoms with Crippen molar-refractivity contribution in [3.05, 3.63) is 160 Å². The summed E-state index contributed by atoms with van der Waals surface area (Å²) in [4.78, 5) is 51.7. The fourth-order valence-electron chi connectivity index (χ4n) is 7.45. The van der Waals surface area contributed by atoms with Gasteiger partial charge >= 0.3 is 0 Å². The highest BCUT2D eigenvalue weighted by atomic mass is 16.5. The fourth-order valence-corrected chi connectivity index (χ4v) is 7.45. The molecule has 4 N–H and O–H groups in total. The largest absolute Gasteiger partial charge is 0.508 e. The third-order valence-electron chi connectivity index (χ3n) is 11.5. The van der Waals surface area contributed by atoms with Crippen molar-refractivity contribution in [2.45, 2.75) is 99.3 Å². The monoisotopic (exact) mass is 942 g/mol. The van der Waals surface area contributed by atoms with Crippen LogP contribution < -0.4 is 15.2 Å². The predicted molar refractivity (Wildman–Crippen MR) is 275 cm³/mol. The van der Waals surface area contributed by atoms with E-state index in [1.807, 2.05) is 30.3 Å². The molecule has 0 aromatic heterocycles. The molecule has 5 aromatic rings. The van der Waals surface area contributed by atoms with E-state index in [1.54, 1.807) is 66.7 Å². The lowest BCUT2D eigenvalue weighted by Gasteiger charge is -2.14. The van der Waals surface area contributed by atoms with Crippen LogP contribution in [0.25, 0.3) is 0 Å². The van der Waals surface area contributed by atoms with Crippen LogP contribution in [-0.2, 0) is 19.3 Å². The van der Waals surface area contributed by atoms with Gasteiger partial charge in [-0.2, -0.15) is 0 Å². The topological polar surface area (TPSA) is 160 Å². The number of nitrogens with two attached hydrogens (primary N) is 1. The molecule has 0 saturated heterocycles. The first-order valence-electron chi connectivity index (χ1n) is 24.6. The van der Waals surface area contributed by atoms with Gasteiger partial charge in [0.05, 0.1) is 35.5 Å². The Kier molecular flexibility index (Phi) is 23.7. The number of hydrogen-bond donors (Lipinski definition) is 3. The van der Waals surface area contributed by atoms with Crippen LogP contribution in [0.1, 0.15) is 138 Å². The Morgan fingerprint density at radius 3 is 1.17 bits per heavy atom. The van der Waals surface area contributed by atoms with E-state index < -0.39 is 0 Å². The summed E-state index contributed by atoms with van der Waals surface area (Å²) >= 11 is 0. The number of aromatic hydroxyl groups is 1. The van der Waals surface area contributed by atoms with Crippen LogP contribution in [0.5, 0.6) is 17.2 Å². The molecule has 69 heavy (non-hydrogen) atoms. The van der Waals surface area contributed by atoms with E-state index in [0.717, 1.165) is 87.3 Å². The zero-order valence-corrected chi connectivity index (χ0v) is 41.7. The van der Waals surface area contributed by atoms with Crippen LogP contribution in [0, 0.1) is 17.8 Å². The number of phenols is 1. The Labute approximate surface area is 410 Å². The first kappa shape index (κ1) is 55.3. The molecule has 370 valence electrons. The van der Waals surface area contributed by atoms with E-state index in [9.17, 15) is 24.3 Å². The third-order valence-corrected chi connectivity index (χ3v) is 11.5. The van der Waals surface area contributed by atoms with Gasteiger partial charge in [0.25, 0.3) is 23.6 Å². The Balaban J connectivity index is 0.000000218. The number of aliphatic hydroxyl groups excluding tert-OH is 1. The third kappa shape index (κ3) is 18.6. The lowest BCUT2D eigenvalue weighted by atomic mass is 10.1. The summed E-state index contributed by atoms with van der Waals surface area (Å²) in [5.74, 6) is 3.26. The maximum atomic E-state index is 12.4. The molecule has 4 amide bonds. The number of fused-ring (bicyclic) bond motifs is 2. The van der Waals surface area contributed by atoms with Crippen LogP contribution in [-0.4, -0.2) is 83.1 Å². The molecule has 11 heteroatoms. The number of hydrogen-bond acceptors (Lipinski definition) is 9. The summed E-state index contributed by atoms with van der Waals surface area (Å²) in [6, 6.07) is 37.3. The van der Waals surface area contributed by atoms with Crippen molar-refractivity contribution in [3.63, 3.8) is 0 Å². The van der Waals surface area contributed by atoms with Crippen LogP contribution in [0.2, 0.25) is 0 Å². The molecule has 5 aromatic carbocycles. The molecule has 0 fully saturated rings. The van der Waals surface area contributed by atoms with Crippen molar-refractivity contribution in [1.29, 1.82) is 0 Å². The first-order valence-corrected chi connectivity index (χ1v) is 24.6. The SMILES string of the molecule is CC(C)CCO.CC(C)CCOc1cccc(CCCN)c1.CC(C)CCOc1cccc(CCCN2C(=O)c3ccccc3C2=O)c1.O=C1c2ccccc2C(=O)N1CCCc1cccc(O)c1. The zero-order valence-electron chi connectivity index (χ0n) is 41.7. The average molecular weight is 942 g/mol. The molecule has 0 bridgehead atoms. The van der Waals surface area contributed by atoms with Gasteiger partial charge in [-0.3, -0.25) is 29.0 Å². The molecule has 2 heterocycles. The number of amides is 4. The van der Waals surface area contributed by atoms with Gasteiger partial charge in [0, 0.05) is 19.7 Å². The van der Waals surface area contributed by atoms with Crippen molar-refractivity contribution < 1.29 is 38.9 Å². The van der Waals surface area contributed by atoms with Crippen molar-refractivity contribution in [2.24, 2.45) is 23.5 Å². The highest BCUT2D eigenvalue weighted by Crippen LogP contribution is 2.25. The number of aliphatic hydroxyl groups is 1. The van der Waals surface area contributed by atoms with Crippen molar-refractivity contribution >= 4 is 23.6 Å². The number of nitrogens with zero attached hydrogens (tertiary/aromatic N) is 2. The molecule has 0 unspecified atom stereocenters. The lowest BCUT2D eigenvalue weighted by Crippen LogP contribution is -2.30. The van der Waals surface area contributed by atoms with E-state index >= 15 is 0 Å². The van der Waals surface area contributed by atoms with E-state index in [1.165, 1.54) is 15.4 Å². The average Bonchev–Trinajstić information content (AvgIpc) is 3.72. The molecule has 2 aliphatic rings. The zero-order chi connectivity index (χ0) is 50.1. The number of benzene rings is 5. The maximum absolute atomic E-state index is 12.4. The number of phenolic OH excluding ortho intramolecular Hbond substituents is 1. The summed E-state index contributed by atoms with van der Waals surface area (Å²) in [7, 11) is 0. The molecule has 2 aliphatic heterocycles. The van der Waals surface area contributed by atoms with E-state index in [4.69, 9.17) is 20.3 Å². The van der Waals surface area contributed by atoms with Gasteiger partial charge in [0.2, 0.25) is 0 Å². The van der Waals surface area contributed by atoms with Crippen LogP contribution in [0.15, 0.2) is 121 Å². The lowest BCUT2D eigenvalue weighted by molar-refractivity contribution is 0.0637. The fraction of sp³-hybridized carbons (Fsp3) is 0.414. The summed E-state index contributed by atoms with van der Waals surface area (Å²) in [6.45, 7) is 16.4. The van der Waals surface area contributed by atoms with Gasteiger partial charge in [-0.25, -0.2) is 0 Å². The van der Waals surface area contributed by atoms with Crippen molar-refractivity contribution in [1.82, 2.24) is 9.80 Å².